The summed E-state index contributed by atoms with van der Waals surface area (Å²) in [5.74, 6) is 1.41. The molecule has 0 aliphatic rings. The van der Waals surface area contributed by atoms with E-state index in [2.05, 4.69) is 11.4 Å². The second-order valence-corrected chi connectivity index (χ2v) is 7.01. The van der Waals surface area contributed by atoms with E-state index in [1.807, 2.05) is 81.4 Å². The van der Waals surface area contributed by atoms with Crippen molar-refractivity contribution in [1.82, 2.24) is 5.32 Å². The van der Waals surface area contributed by atoms with Crippen LogP contribution in [0.5, 0.6) is 11.5 Å². The highest BCUT2D eigenvalue weighted by molar-refractivity contribution is 5.84. The third-order valence-corrected chi connectivity index (χ3v) is 4.63. The summed E-state index contributed by atoms with van der Waals surface area (Å²) in [6, 6.07) is 21.7. The number of carbonyl (C=O) groups is 1. The average Bonchev–Trinajstić information content (AvgIpc) is 2.71. The highest BCUT2D eigenvalue weighted by Gasteiger charge is 2.20. The highest BCUT2D eigenvalue weighted by atomic mass is 16.5. The second-order valence-electron chi connectivity index (χ2n) is 7.01. The SMILES string of the molecule is CC[C@@H](Oc1ccc2ccccc2c1)C(=O)N[C@@H](C)COc1ccccc1C. The van der Waals surface area contributed by atoms with Gasteiger partial charge in [-0.1, -0.05) is 55.5 Å². The van der Waals surface area contributed by atoms with Crippen LogP contribution in [0.4, 0.5) is 0 Å². The van der Waals surface area contributed by atoms with Gasteiger partial charge in [0.25, 0.3) is 5.91 Å². The van der Waals surface area contributed by atoms with Crippen LogP contribution in [-0.4, -0.2) is 24.7 Å². The number of benzene rings is 3. The number of hydrogen-bond acceptors (Lipinski definition) is 3. The van der Waals surface area contributed by atoms with Crippen molar-refractivity contribution in [3.05, 3.63) is 72.3 Å². The first-order valence-electron chi connectivity index (χ1n) is 9.71. The van der Waals surface area contributed by atoms with Crippen LogP contribution in [0.25, 0.3) is 10.8 Å². The molecule has 1 amide bonds. The summed E-state index contributed by atoms with van der Waals surface area (Å²) in [5.41, 5.74) is 1.08. The van der Waals surface area contributed by atoms with Crippen molar-refractivity contribution < 1.29 is 14.3 Å². The molecule has 0 aliphatic heterocycles. The average molecular weight is 377 g/mol. The maximum atomic E-state index is 12.6. The van der Waals surface area contributed by atoms with E-state index in [0.717, 1.165) is 22.1 Å². The number of rotatable bonds is 8. The number of carbonyl (C=O) groups excluding carboxylic acids is 1. The van der Waals surface area contributed by atoms with Gasteiger partial charge in [0.1, 0.15) is 18.1 Å². The van der Waals surface area contributed by atoms with Crippen LogP contribution in [0.1, 0.15) is 25.8 Å². The molecule has 0 heterocycles. The zero-order valence-electron chi connectivity index (χ0n) is 16.6. The van der Waals surface area contributed by atoms with E-state index in [1.54, 1.807) is 0 Å². The quantitative estimate of drug-likeness (QED) is 0.608. The van der Waals surface area contributed by atoms with Crippen molar-refractivity contribution in [2.45, 2.75) is 39.3 Å². The molecule has 3 aromatic carbocycles. The Labute approximate surface area is 166 Å². The first-order valence-corrected chi connectivity index (χ1v) is 9.71. The zero-order chi connectivity index (χ0) is 19.9. The van der Waals surface area contributed by atoms with Crippen molar-refractivity contribution >= 4 is 16.7 Å². The molecule has 28 heavy (non-hydrogen) atoms. The number of aryl methyl sites for hydroxylation is 1. The number of para-hydroxylation sites is 1. The van der Waals surface area contributed by atoms with Gasteiger partial charge in [0.15, 0.2) is 6.10 Å². The fourth-order valence-corrected chi connectivity index (χ4v) is 3.04. The normalized spacial score (nSPS) is 13.0. The minimum atomic E-state index is -0.540. The fraction of sp³-hybridized carbons (Fsp3) is 0.292. The molecule has 1 N–H and O–H groups in total. The minimum absolute atomic E-state index is 0.124. The van der Waals surface area contributed by atoms with Gasteiger partial charge in [0.05, 0.1) is 6.04 Å². The van der Waals surface area contributed by atoms with E-state index in [1.165, 1.54) is 0 Å². The Kier molecular flexibility index (Phi) is 6.53. The summed E-state index contributed by atoms with van der Waals surface area (Å²) in [4.78, 5) is 12.6. The van der Waals surface area contributed by atoms with Crippen molar-refractivity contribution in [3.63, 3.8) is 0 Å². The van der Waals surface area contributed by atoms with Crippen LogP contribution in [-0.2, 0) is 4.79 Å². The molecule has 0 bridgehead atoms. The smallest absolute Gasteiger partial charge is 0.261 e. The lowest BCUT2D eigenvalue weighted by Gasteiger charge is -2.21. The van der Waals surface area contributed by atoms with Crippen molar-refractivity contribution in [2.24, 2.45) is 0 Å². The van der Waals surface area contributed by atoms with E-state index in [0.29, 0.717) is 18.8 Å². The fourth-order valence-electron chi connectivity index (χ4n) is 3.04. The van der Waals surface area contributed by atoms with Gasteiger partial charge in [-0.2, -0.15) is 0 Å². The lowest BCUT2D eigenvalue weighted by Crippen LogP contribution is -2.44. The van der Waals surface area contributed by atoms with Crippen molar-refractivity contribution in [2.75, 3.05) is 6.61 Å². The van der Waals surface area contributed by atoms with Crippen LogP contribution >= 0.6 is 0 Å². The predicted molar refractivity (Wildman–Crippen MR) is 113 cm³/mol. The lowest BCUT2D eigenvalue weighted by atomic mass is 10.1. The molecule has 0 radical (unpaired) electrons. The van der Waals surface area contributed by atoms with Gasteiger partial charge in [-0.05, 0) is 54.8 Å². The Morgan fingerprint density at radius 1 is 1.00 bits per heavy atom. The first-order chi connectivity index (χ1) is 13.6. The van der Waals surface area contributed by atoms with Gasteiger partial charge in [0, 0.05) is 0 Å². The molecule has 146 valence electrons. The van der Waals surface area contributed by atoms with Crippen LogP contribution in [0, 0.1) is 6.92 Å². The molecule has 0 saturated heterocycles. The van der Waals surface area contributed by atoms with E-state index >= 15 is 0 Å². The first kappa shape index (κ1) is 19.7. The third kappa shape index (κ3) is 5.03. The summed E-state index contributed by atoms with van der Waals surface area (Å²) in [5, 5.41) is 5.23. The van der Waals surface area contributed by atoms with Crippen LogP contribution in [0.2, 0.25) is 0 Å². The predicted octanol–water partition coefficient (Wildman–Crippen LogP) is 4.89. The highest BCUT2D eigenvalue weighted by Crippen LogP contribution is 2.22. The second kappa shape index (κ2) is 9.27. The monoisotopic (exact) mass is 377 g/mol. The number of fused-ring (bicyclic) bond motifs is 1. The number of amides is 1. The van der Waals surface area contributed by atoms with E-state index < -0.39 is 6.10 Å². The van der Waals surface area contributed by atoms with E-state index in [9.17, 15) is 4.79 Å². The maximum absolute atomic E-state index is 12.6. The topological polar surface area (TPSA) is 47.6 Å². The van der Waals surface area contributed by atoms with Gasteiger partial charge in [0.2, 0.25) is 0 Å². The summed E-state index contributed by atoms with van der Waals surface area (Å²) >= 11 is 0. The minimum Gasteiger partial charge on any atom is -0.491 e. The summed E-state index contributed by atoms with van der Waals surface area (Å²) in [7, 11) is 0. The molecule has 3 aromatic rings. The van der Waals surface area contributed by atoms with E-state index in [4.69, 9.17) is 9.47 Å². The number of ether oxygens (including phenoxy) is 2. The molecular weight excluding hydrogens is 350 g/mol. The van der Waals surface area contributed by atoms with Gasteiger partial charge in [-0.25, -0.2) is 0 Å². The van der Waals surface area contributed by atoms with Crippen molar-refractivity contribution in [1.29, 1.82) is 0 Å². The molecular formula is C24H27NO3. The van der Waals surface area contributed by atoms with Crippen LogP contribution in [0.15, 0.2) is 66.7 Å². The Hall–Kier alpha value is -3.01. The summed E-state index contributed by atoms with van der Waals surface area (Å²) in [6.07, 6.45) is 0.0476. The standard InChI is InChI=1S/C24H27NO3/c1-4-22(28-21-14-13-19-10-6-7-11-20(19)15-21)24(26)25-18(3)16-27-23-12-8-5-9-17(23)2/h5-15,18,22H,4,16H2,1-3H3,(H,25,26)/t18-,22+/m0/s1. The van der Waals surface area contributed by atoms with Gasteiger partial charge >= 0.3 is 0 Å². The number of nitrogens with one attached hydrogen (secondary N) is 1. The summed E-state index contributed by atoms with van der Waals surface area (Å²) in [6.45, 7) is 6.28. The molecule has 4 heteroatoms. The molecule has 0 unspecified atom stereocenters. The van der Waals surface area contributed by atoms with Gasteiger partial charge in [-0.15, -0.1) is 0 Å². The van der Waals surface area contributed by atoms with Gasteiger partial charge in [-0.3, -0.25) is 4.79 Å². The molecule has 0 aliphatic carbocycles. The lowest BCUT2D eigenvalue weighted by molar-refractivity contribution is -0.128. The third-order valence-electron chi connectivity index (χ3n) is 4.63. The molecule has 0 aromatic heterocycles. The van der Waals surface area contributed by atoms with Crippen LogP contribution in [0.3, 0.4) is 0 Å². The Balaban J connectivity index is 1.57. The van der Waals surface area contributed by atoms with Crippen molar-refractivity contribution in [3.8, 4) is 11.5 Å². The Morgan fingerprint density at radius 3 is 2.46 bits per heavy atom. The number of hydrogen-bond donors (Lipinski definition) is 1. The van der Waals surface area contributed by atoms with Crippen LogP contribution < -0.4 is 14.8 Å². The zero-order valence-corrected chi connectivity index (χ0v) is 16.6. The largest absolute Gasteiger partial charge is 0.491 e. The molecule has 3 rings (SSSR count). The molecule has 0 saturated carbocycles. The molecule has 2 atom stereocenters. The Bertz CT molecular complexity index is 938. The molecule has 0 spiro atoms. The maximum Gasteiger partial charge on any atom is 0.261 e. The Morgan fingerprint density at radius 2 is 1.71 bits per heavy atom. The van der Waals surface area contributed by atoms with E-state index in [-0.39, 0.29) is 11.9 Å². The summed E-state index contributed by atoms with van der Waals surface area (Å²) < 4.78 is 11.8. The molecule has 4 nitrogen and oxygen atoms in total. The molecule has 0 fully saturated rings. The van der Waals surface area contributed by atoms with Gasteiger partial charge < -0.3 is 14.8 Å².